The number of hydrogen-bond acceptors (Lipinski definition) is 3. The van der Waals surface area contributed by atoms with Crippen molar-refractivity contribution >= 4 is 5.97 Å². The summed E-state index contributed by atoms with van der Waals surface area (Å²) in [5.41, 5.74) is 0.220. The zero-order chi connectivity index (χ0) is 10.3. The molecule has 0 spiro atoms. The Morgan fingerprint density at radius 1 is 1.62 bits per heavy atom. The minimum absolute atomic E-state index is 0.220. The fourth-order valence-corrected chi connectivity index (χ4v) is 0.907. The van der Waals surface area contributed by atoms with Crippen LogP contribution in [0.2, 0.25) is 0 Å². The van der Waals surface area contributed by atoms with Crippen LogP contribution < -0.4 is 0 Å². The molecular formula is C9H17NO3. The van der Waals surface area contributed by atoms with E-state index in [1.165, 1.54) is 0 Å². The van der Waals surface area contributed by atoms with Gasteiger partial charge in [-0.05, 0) is 6.54 Å². The standard InChI is InChI=1S/C9H17NO3/c1-4-10(5-6-13-3)7-8(2)9(11)12/h2,4-7H2,1,3H3,(H,11,12). The molecule has 0 unspecified atom stereocenters. The van der Waals surface area contributed by atoms with Crippen molar-refractivity contribution in [1.82, 2.24) is 4.90 Å². The zero-order valence-electron chi connectivity index (χ0n) is 8.25. The van der Waals surface area contributed by atoms with Crippen LogP contribution in [-0.4, -0.2) is 49.3 Å². The van der Waals surface area contributed by atoms with Gasteiger partial charge in [-0.3, -0.25) is 4.90 Å². The SMILES string of the molecule is C=C(CN(CC)CCOC)C(=O)O. The minimum atomic E-state index is -0.934. The van der Waals surface area contributed by atoms with Crippen LogP contribution in [0.1, 0.15) is 6.92 Å². The maximum atomic E-state index is 10.5. The van der Waals surface area contributed by atoms with Gasteiger partial charge in [0.05, 0.1) is 6.61 Å². The number of carboxylic acids is 1. The first-order valence-corrected chi connectivity index (χ1v) is 4.24. The molecule has 0 aromatic carbocycles. The highest BCUT2D eigenvalue weighted by Gasteiger charge is 2.08. The fraction of sp³-hybridized carbons (Fsp3) is 0.667. The van der Waals surface area contributed by atoms with Crippen LogP contribution in [0.25, 0.3) is 0 Å². The first-order chi connectivity index (χ1) is 6.11. The largest absolute Gasteiger partial charge is 0.478 e. The molecule has 76 valence electrons. The number of likely N-dealkylation sites (N-methyl/N-ethyl adjacent to an activating group) is 1. The Labute approximate surface area is 78.8 Å². The quantitative estimate of drug-likeness (QED) is 0.593. The molecule has 0 heterocycles. The van der Waals surface area contributed by atoms with Gasteiger partial charge in [0, 0.05) is 25.8 Å². The van der Waals surface area contributed by atoms with Gasteiger partial charge in [0.1, 0.15) is 0 Å². The molecule has 0 rings (SSSR count). The summed E-state index contributed by atoms with van der Waals surface area (Å²) in [7, 11) is 1.62. The first kappa shape index (κ1) is 12.1. The lowest BCUT2D eigenvalue weighted by Gasteiger charge is -2.19. The van der Waals surface area contributed by atoms with Gasteiger partial charge in [0.2, 0.25) is 0 Å². The summed E-state index contributed by atoms with van der Waals surface area (Å²) >= 11 is 0. The molecule has 13 heavy (non-hydrogen) atoms. The Balaban J connectivity index is 3.83. The smallest absolute Gasteiger partial charge is 0.332 e. The van der Waals surface area contributed by atoms with Gasteiger partial charge in [-0.1, -0.05) is 13.5 Å². The second-order valence-electron chi connectivity index (χ2n) is 2.77. The Morgan fingerprint density at radius 2 is 2.23 bits per heavy atom. The predicted molar refractivity (Wildman–Crippen MR) is 50.8 cm³/mol. The third kappa shape index (κ3) is 5.38. The molecule has 0 atom stereocenters. The summed E-state index contributed by atoms with van der Waals surface area (Å²) < 4.78 is 4.90. The summed E-state index contributed by atoms with van der Waals surface area (Å²) in [6.07, 6.45) is 0. The maximum Gasteiger partial charge on any atom is 0.332 e. The molecule has 0 saturated carbocycles. The molecule has 0 saturated heterocycles. The highest BCUT2D eigenvalue weighted by atomic mass is 16.5. The fourth-order valence-electron chi connectivity index (χ4n) is 0.907. The van der Waals surface area contributed by atoms with Crippen LogP contribution in [0, 0.1) is 0 Å². The number of nitrogens with zero attached hydrogens (tertiary/aromatic N) is 1. The molecule has 0 aliphatic carbocycles. The lowest BCUT2D eigenvalue weighted by molar-refractivity contribution is -0.132. The normalized spacial score (nSPS) is 10.4. The van der Waals surface area contributed by atoms with Crippen molar-refractivity contribution in [2.24, 2.45) is 0 Å². The minimum Gasteiger partial charge on any atom is -0.478 e. The Bertz CT molecular complexity index is 180. The van der Waals surface area contributed by atoms with Gasteiger partial charge in [-0.15, -0.1) is 0 Å². The van der Waals surface area contributed by atoms with Crippen LogP contribution in [0.4, 0.5) is 0 Å². The van der Waals surface area contributed by atoms with E-state index in [1.54, 1.807) is 7.11 Å². The topological polar surface area (TPSA) is 49.8 Å². The van der Waals surface area contributed by atoms with Crippen molar-refractivity contribution < 1.29 is 14.6 Å². The van der Waals surface area contributed by atoms with Crippen LogP contribution in [-0.2, 0) is 9.53 Å². The molecule has 0 radical (unpaired) electrons. The average Bonchev–Trinajstić information content (AvgIpc) is 2.11. The average molecular weight is 187 g/mol. The van der Waals surface area contributed by atoms with Gasteiger partial charge in [-0.2, -0.15) is 0 Å². The molecule has 0 aromatic rings. The van der Waals surface area contributed by atoms with E-state index in [1.807, 2.05) is 11.8 Å². The first-order valence-electron chi connectivity index (χ1n) is 4.24. The molecule has 0 bridgehead atoms. The third-order valence-corrected chi connectivity index (χ3v) is 1.78. The zero-order valence-corrected chi connectivity index (χ0v) is 8.25. The Morgan fingerprint density at radius 3 is 2.62 bits per heavy atom. The lowest BCUT2D eigenvalue weighted by atomic mass is 10.3. The summed E-state index contributed by atoms with van der Waals surface area (Å²) in [5.74, 6) is -0.934. The molecule has 1 N–H and O–H groups in total. The van der Waals surface area contributed by atoms with Crippen molar-refractivity contribution in [1.29, 1.82) is 0 Å². The van der Waals surface area contributed by atoms with E-state index in [4.69, 9.17) is 9.84 Å². The number of carbonyl (C=O) groups is 1. The summed E-state index contributed by atoms with van der Waals surface area (Å²) in [5, 5.41) is 8.59. The third-order valence-electron chi connectivity index (χ3n) is 1.78. The molecule has 0 aliphatic rings. The molecule has 0 aromatic heterocycles. The van der Waals surface area contributed by atoms with Crippen molar-refractivity contribution in [3.8, 4) is 0 Å². The molecule has 0 amide bonds. The number of carboxylic acid groups (broad SMARTS) is 1. The monoisotopic (exact) mass is 187 g/mol. The van der Waals surface area contributed by atoms with Gasteiger partial charge in [-0.25, -0.2) is 4.79 Å². The van der Waals surface area contributed by atoms with Crippen molar-refractivity contribution in [2.75, 3.05) is 33.4 Å². The van der Waals surface area contributed by atoms with E-state index in [0.717, 1.165) is 13.1 Å². The summed E-state index contributed by atoms with van der Waals surface area (Å²) in [6, 6.07) is 0. The Kier molecular flexibility index (Phi) is 6.18. The van der Waals surface area contributed by atoms with Crippen molar-refractivity contribution in [3.05, 3.63) is 12.2 Å². The van der Waals surface area contributed by atoms with Gasteiger partial charge >= 0.3 is 5.97 Å². The number of rotatable bonds is 7. The second-order valence-corrected chi connectivity index (χ2v) is 2.77. The maximum absolute atomic E-state index is 10.5. The molecular weight excluding hydrogens is 170 g/mol. The molecule has 4 heteroatoms. The van der Waals surface area contributed by atoms with E-state index >= 15 is 0 Å². The molecule has 4 nitrogen and oxygen atoms in total. The Hall–Kier alpha value is -0.870. The van der Waals surface area contributed by atoms with Gasteiger partial charge in [0.25, 0.3) is 0 Å². The van der Waals surface area contributed by atoms with Crippen molar-refractivity contribution in [2.45, 2.75) is 6.92 Å². The summed E-state index contributed by atoms with van der Waals surface area (Å²) in [4.78, 5) is 12.4. The molecule has 0 aliphatic heterocycles. The lowest BCUT2D eigenvalue weighted by Crippen LogP contribution is -2.30. The van der Waals surface area contributed by atoms with E-state index in [0.29, 0.717) is 13.2 Å². The van der Waals surface area contributed by atoms with E-state index in [-0.39, 0.29) is 5.57 Å². The predicted octanol–water partition coefficient (Wildman–Crippen LogP) is 0.595. The molecule has 0 fully saturated rings. The van der Waals surface area contributed by atoms with Gasteiger partial charge < -0.3 is 9.84 Å². The van der Waals surface area contributed by atoms with Gasteiger partial charge in [0.15, 0.2) is 0 Å². The highest BCUT2D eigenvalue weighted by molar-refractivity contribution is 5.86. The van der Waals surface area contributed by atoms with Crippen molar-refractivity contribution in [3.63, 3.8) is 0 Å². The van der Waals surface area contributed by atoms with Crippen LogP contribution in [0.3, 0.4) is 0 Å². The number of ether oxygens (including phenoxy) is 1. The summed E-state index contributed by atoms with van der Waals surface area (Å²) in [6.45, 7) is 7.99. The number of methoxy groups -OCH3 is 1. The van der Waals surface area contributed by atoms with Crippen LogP contribution in [0.5, 0.6) is 0 Å². The van der Waals surface area contributed by atoms with Crippen LogP contribution >= 0.6 is 0 Å². The van der Waals surface area contributed by atoms with E-state index < -0.39 is 5.97 Å². The number of hydrogen-bond donors (Lipinski definition) is 1. The van der Waals surface area contributed by atoms with Crippen LogP contribution in [0.15, 0.2) is 12.2 Å². The highest BCUT2D eigenvalue weighted by Crippen LogP contribution is 1.96. The van der Waals surface area contributed by atoms with E-state index in [9.17, 15) is 4.79 Å². The van der Waals surface area contributed by atoms with E-state index in [2.05, 4.69) is 6.58 Å². The number of aliphatic carboxylic acids is 1. The second kappa shape index (κ2) is 6.62.